The quantitative estimate of drug-likeness (QED) is 0.692. The molecule has 6 nitrogen and oxygen atoms in total. The second-order valence-corrected chi connectivity index (χ2v) is 9.02. The van der Waals surface area contributed by atoms with Gasteiger partial charge in [-0.25, -0.2) is 4.68 Å². The number of nitrogens with zero attached hydrogens (tertiary/aromatic N) is 4. The summed E-state index contributed by atoms with van der Waals surface area (Å²) in [6, 6.07) is 6.18. The van der Waals surface area contributed by atoms with Crippen molar-refractivity contribution in [3.05, 3.63) is 57.5 Å². The Labute approximate surface area is 191 Å². The molecule has 1 aliphatic carbocycles. The zero-order chi connectivity index (χ0) is 23.6. The number of aryl methyl sites for hydroxylation is 1. The summed E-state index contributed by atoms with van der Waals surface area (Å²) in [6.45, 7) is 4.92. The highest BCUT2D eigenvalue weighted by Gasteiger charge is 2.34. The number of piperazine rings is 1. The molecule has 0 spiro atoms. The average Bonchev–Trinajstić information content (AvgIpc) is 2.79. The third kappa shape index (κ3) is 5.29. The Morgan fingerprint density at radius 3 is 2.39 bits per heavy atom. The van der Waals surface area contributed by atoms with Crippen molar-refractivity contribution < 1.29 is 18.0 Å². The van der Waals surface area contributed by atoms with E-state index in [0.717, 1.165) is 30.4 Å². The molecule has 178 valence electrons. The Hall–Kier alpha value is -2.68. The van der Waals surface area contributed by atoms with Gasteiger partial charge in [0, 0.05) is 44.5 Å². The van der Waals surface area contributed by atoms with Crippen LogP contribution in [0.15, 0.2) is 35.1 Å². The molecule has 9 heteroatoms. The van der Waals surface area contributed by atoms with Crippen LogP contribution in [0.1, 0.15) is 53.8 Å². The first-order valence-corrected chi connectivity index (χ1v) is 11.5. The number of amides is 1. The van der Waals surface area contributed by atoms with Crippen LogP contribution in [0.3, 0.4) is 0 Å². The van der Waals surface area contributed by atoms with Crippen molar-refractivity contribution in [3.63, 3.8) is 0 Å². The first kappa shape index (κ1) is 23.5. The number of benzene rings is 1. The Balaban J connectivity index is 1.52. The third-order valence-electron chi connectivity index (χ3n) is 6.65. The number of alkyl halides is 3. The van der Waals surface area contributed by atoms with Crippen LogP contribution in [0.25, 0.3) is 5.69 Å². The van der Waals surface area contributed by atoms with Crippen LogP contribution in [-0.4, -0.2) is 58.2 Å². The monoisotopic (exact) mass is 462 g/mol. The lowest BCUT2D eigenvalue weighted by atomic mass is 9.89. The van der Waals surface area contributed by atoms with E-state index < -0.39 is 23.1 Å². The Kier molecular flexibility index (Phi) is 6.88. The van der Waals surface area contributed by atoms with Gasteiger partial charge in [0.25, 0.3) is 5.91 Å². The molecule has 0 N–H and O–H groups in total. The molecular weight excluding hydrogens is 433 g/mol. The zero-order valence-corrected chi connectivity index (χ0v) is 18.8. The maximum atomic E-state index is 13.5. The van der Waals surface area contributed by atoms with Gasteiger partial charge in [-0.05, 0) is 37.8 Å². The SMILES string of the molecule is Cc1cc(=O)c(C(=O)N2CCN(CC3CCCCC3)CC2)nn1-c1ccccc1C(F)(F)F. The minimum absolute atomic E-state index is 0.214. The summed E-state index contributed by atoms with van der Waals surface area (Å²) in [5.41, 5.74) is -1.79. The summed E-state index contributed by atoms with van der Waals surface area (Å²) < 4.78 is 41.6. The van der Waals surface area contributed by atoms with Gasteiger partial charge in [-0.2, -0.15) is 18.3 Å². The van der Waals surface area contributed by atoms with Crippen molar-refractivity contribution >= 4 is 5.91 Å². The smallest absolute Gasteiger partial charge is 0.335 e. The molecular formula is C24H29F3N4O2. The van der Waals surface area contributed by atoms with Gasteiger partial charge < -0.3 is 4.90 Å². The zero-order valence-electron chi connectivity index (χ0n) is 18.8. The number of hydrogen-bond donors (Lipinski definition) is 0. The van der Waals surface area contributed by atoms with Crippen LogP contribution in [-0.2, 0) is 6.18 Å². The molecule has 1 saturated carbocycles. The van der Waals surface area contributed by atoms with E-state index in [1.54, 1.807) is 4.90 Å². The van der Waals surface area contributed by atoms with E-state index in [1.807, 2.05) is 0 Å². The molecule has 1 aromatic heterocycles. The second kappa shape index (κ2) is 9.67. The number of aromatic nitrogens is 2. The van der Waals surface area contributed by atoms with Gasteiger partial charge in [0.15, 0.2) is 5.69 Å². The predicted molar refractivity (Wildman–Crippen MR) is 118 cm³/mol. The molecule has 1 amide bonds. The lowest BCUT2D eigenvalue weighted by Crippen LogP contribution is -2.50. The van der Waals surface area contributed by atoms with Gasteiger partial charge in [0.2, 0.25) is 5.43 Å². The number of hydrogen-bond acceptors (Lipinski definition) is 4. The van der Waals surface area contributed by atoms with E-state index in [2.05, 4.69) is 10.00 Å². The van der Waals surface area contributed by atoms with Crippen molar-refractivity contribution in [2.45, 2.75) is 45.2 Å². The molecule has 2 aliphatic rings. The first-order valence-electron chi connectivity index (χ1n) is 11.5. The molecule has 33 heavy (non-hydrogen) atoms. The van der Waals surface area contributed by atoms with E-state index in [1.165, 1.54) is 63.3 Å². The molecule has 0 bridgehead atoms. The predicted octanol–water partition coefficient (Wildman–Crippen LogP) is 3.90. The molecule has 0 radical (unpaired) electrons. The Morgan fingerprint density at radius 1 is 1.06 bits per heavy atom. The van der Waals surface area contributed by atoms with Crippen LogP contribution in [0.5, 0.6) is 0 Å². The summed E-state index contributed by atoms with van der Waals surface area (Å²) in [4.78, 5) is 29.6. The maximum Gasteiger partial charge on any atom is 0.418 e. The van der Waals surface area contributed by atoms with Crippen molar-refractivity contribution in [1.29, 1.82) is 0 Å². The van der Waals surface area contributed by atoms with Crippen LogP contribution >= 0.6 is 0 Å². The molecule has 0 atom stereocenters. The molecule has 1 saturated heterocycles. The summed E-state index contributed by atoms with van der Waals surface area (Å²) in [5.74, 6) is 0.177. The second-order valence-electron chi connectivity index (χ2n) is 9.02. The fraction of sp³-hybridized carbons (Fsp3) is 0.542. The van der Waals surface area contributed by atoms with Crippen molar-refractivity contribution in [1.82, 2.24) is 19.6 Å². The van der Waals surface area contributed by atoms with E-state index in [-0.39, 0.29) is 17.1 Å². The van der Waals surface area contributed by atoms with E-state index in [9.17, 15) is 22.8 Å². The lowest BCUT2D eigenvalue weighted by molar-refractivity contribution is -0.137. The molecule has 2 heterocycles. The Morgan fingerprint density at radius 2 is 1.73 bits per heavy atom. The molecule has 1 aromatic carbocycles. The number of carbonyl (C=O) groups excluding carboxylic acids is 1. The number of rotatable bonds is 4. The molecule has 2 fully saturated rings. The van der Waals surface area contributed by atoms with Crippen molar-refractivity contribution in [2.75, 3.05) is 32.7 Å². The highest BCUT2D eigenvalue weighted by Crippen LogP contribution is 2.33. The van der Waals surface area contributed by atoms with Gasteiger partial charge in [0.1, 0.15) is 0 Å². The van der Waals surface area contributed by atoms with Gasteiger partial charge in [-0.15, -0.1) is 0 Å². The molecule has 0 unspecified atom stereocenters. The minimum Gasteiger partial charge on any atom is -0.335 e. The molecule has 2 aromatic rings. The standard InChI is InChI=1S/C24H29F3N4O2/c1-17-15-21(32)22(28-31(17)20-10-6-5-9-19(20)24(25,26)27)23(33)30-13-11-29(12-14-30)16-18-7-3-2-4-8-18/h5-6,9-10,15,18H,2-4,7-8,11-14,16H2,1H3. The minimum atomic E-state index is -4.59. The highest BCUT2D eigenvalue weighted by atomic mass is 19.4. The summed E-state index contributed by atoms with van der Waals surface area (Å²) in [6.07, 6.45) is 1.80. The van der Waals surface area contributed by atoms with Crippen molar-refractivity contribution in [2.24, 2.45) is 5.92 Å². The number of halogens is 3. The third-order valence-corrected chi connectivity index (χ3v) is 6.65. The van der Waals surface area contributed by atoms with Crippen molar-refractivity contribution in [3.8, 4) is 5.69 Å². The fourth-order valence-electron chi connectivity index (χ4n) is 4.86. The number of para-hydroxylation sites is 1. The largest absolute Gasteiger partial charge is 0.418 e. The van der Waals surface area contributed by atoms with E-state index in [4.69, 9.17) is 0 Å². The summed E-state index contributed by atoms with van der Waals surface area (Å²) >= 11 is 0. The van der Waals surface area contributed by atoms with Crippen LogP contribution in [0.2, 0.25) is 0 Å². The van der Waals surface area contributed by atoms with E-state index >= 15 is 0 Å². The summed E-state index contributed by atoms with van der Waals surface area (Å²) in [7, 11) is 0. The van der Waals surface area contributed by atoms with E-state index in [0.29, 0.717) is 19.0 Å². The lowest BCUT2D eigenvalue weighted by Gasteiger charge is -2.37. The molecule has 1 aliphatic heterocycles. The van der Waals surface area contributed by atoms with Gasteiger partial charge in [-0.1, -0.05) is 31.4 Å². The van der Waals surface area contributed by atoms with Gasteiger partial charge in [-0.3, -0.25) is 14.5 Å². The van der Waals surface area contributed by atoms with Crippen LogP contribution in [0.4, 0.5) is 13.2 Å². The van der Waals surface area contributed by atoms with Crippen LogP contribution in [0, 0.1) is 12.8 Å². The Bertz CT molecular complexity index is 1050. The van der Waals surface area contributed by atoms with Crippen LogP contribution < -0.4 is 5.43 Å². The van der Waals surface area contributed by atoms with Gasteiger partial charge >= 0.3 is 6.18 Å². The fourth-order valence-corrected chi connectivity index (χ4v) is 4.86. The topological polar surface area (TPSA) is 58.4 Å². The van der Waals surface area contributed by atoms with Gasteiger partial charge in [0.05, 0.1) is 11.3 Å². The highest BCUT2D eigenvalue weighted by molar-refractivity contribution is 5.92. The molecule has 4 rings (SSSR count). The number of carbonyl (C=O) groups is 1. The first-order chi connectivity index (χ1) is 15.7. The summed E-state index contributed by atoms with van der Waals surface area (Å²) in [5, 5.41) is 4.10. The maximum absolute atomic E-state index is 13.5. The average molecular weight is 463 g/mol. The normalized spacial score (nSPS) is 18.5.